The molecular weight excluding hydrogens is 218 g/mol. The van der Waals surface area contributed by atoms with Crippen molar-refractivity contribution in [2.75, 3.05) is 0 Å². The molecule has 0 aliphatic rings. The number of hydrogen-bond acceptors (Lipinski definition) is 2. The molecule has 0 fully saturated rings. The Hall–Kier alpha value is -1.84. The number of carboxylic acid groups (broad SMARTS) is 1. The first-order valence-electron chi connectivity index (χ1n) is 5.59. The highest BCUT2D eigenvalue weighted by atomic mass is 16.4. The molecule has 0 amide bonds. The molecule has 1 aromatic heterocycles. The van der Waals surface area contributed by atoms with E-state index in [1.165, 1.54) is 6.08 Å². The SMILES string of the molecule is CCCn1c(C)cc(C)c(/C=C/C(=O)O)c1=O. The van der Waals surface area contributed by atoms with E-state index in [4.69, 9.17) is 5.11 Å². The van der Waals surface area contributed by atoms with Crippen LogP contribution < -0.4 is 5.56 Å². The van der Waals surface area contributed by atoms with Gasteiger partial charge in [-0.2, -0.15) is 0 Å². The molecule has 0 saturated heterocycles. The summed E-state index contributed by atoms with van der Waals surface area (Å²) in [7, 11) is 0. The van der Waals surface area contributed by atoms with Gasteiger partial charge < -0.3 is 9.67 Å². The number of aromatic nitrogens is 1. The van der Waals surface area contributed by atoms with Gasteiger partial charge in [-0.25, -0.2) is 4.79 Å². The van der Waals surface area contributed by atoms with Crippen LogP contribution in [0.2, 0.25) is 0 Å². The summed E-state index contributed by atoms with van der Waals surface area (Å²) >= 11 is 0. The van der Waals surface area contributed by atoms with Gasteiger partial charge in [-0.3, -0.25) is 4.79 Å². The minimum Gasteiger partial charge on any atom is -0.478 e. The fourth-order valence-corrected chi connectivity index (χ4v) is 1.80. The minimum absolute atomic E-state index is 0.123. The molecule has 1 heterocycles. The second-order valence-corrected chi connectivity index (χ2v) is 4.01. The van der Waals surface area contributed by atoms with Gasteiger partial charge >= 0.3 is 5.97 Å². The van der Waals surface area contributed by atoms with Crippen LogP contribution in [0.3, 0.4) is 0 Å². The zero-order chi connectivity index (χ0) is 13.0. The maximum absolute atomic E-state index is 12.1. The highest BCUT2D eigenvalue weighted by Gasteiger charge is 2.07. The number of pyridine rings is 1. The third-order valence-corrected chi connectivity index (χ3v) is 2.59. The lowest BCUT2D eigenvalue weighted by Crippen LogP contribution is -2.25. The van der Waals surface area contributed by atoms with Crippen molar-refractivity contribution in [3.63, 3.8) is 0 Å². The molecule has 17 heavy (non-hydrogen) atoms. The van der Waals surface area contributed by atoms with E-state index in [-0.39, 0.29) is 5.56 Å². The van der Waals surface area contributed by atoms with Gasteiger partial charge in [0.05, 0.1) is 0 Å². The predicted molar refractivity (Wildman–Crippen MR) is 67.1 cm³/mol. The van der Waals surface area contributed by atoms with Crippen molar-refractivity contribution in [2.45, 2.75) is 33.7 Å². The third kappa shape index (κ3) is 3.06. The number of hydrogen-bond donors (Lipinski definition) is 1. The van der Waals surface area contributed by atoms with Gasteiger partial charge in [0, 0.05) is 23.9 Å². The summed E-state index contributed by atoms with van der Waals surface area (Å²) in [4.78, 5) is 22.6. The lowest BCUT2D eigenvalue weighted by Gasteiger charge is -2.11. The first kappa shape index (κ1) is 13.2. The molecule has 1 rings (SSSR count). The highest BCUT2D eigenvalue weighted by Crippen LogP contribution is 2.08. The molecular formula is C13H17NO3. The molecule has 0 saturated carbocycles. The van der Waals surface area contributed by atoms with Gasteiger partial charge in [-0.15, -0.1) is 0 Å². The second-order valence-electron chi connectivity index (χ2n) is 4.01. The summed E-state index contributed by atoms with van der Waals surface area (Å²) in [5.41, 5.74) is 2.03. The quantitative estimate of drug-likeness (QED) is 0.812. The average molecular weight is 235 g/mol. The van der Waals surface area contributed by atoms with Gasteiger partial charge in [-0.1, -0.05) is 6.92 Å². The molecule has 0 radical (unpaired) electrons. The lowest BCUT2D eigenvalue weighted by molar-refractivity contribution is -0.131. The van der Waals surface area contributed by atoms with Gasteiger partial charge in [-0.05, 0) is 38.0 Å². The largest absolute Gasteiger partial charge is 0.478 e. The minimum atomic E-state index is -1.05. The lowest BCUT2D eigenvalue weighted by atomic mass is 10.1. The topological polar surface area (TPSA) is 59.3 Å². The number of carboxylic acids is 1. The van der Waals surface area contributed by atoms with Crippen LogP contribution in [-0.4, -0.2) is 15.6 Å². The summed E-state index contributed by atoms with van der Waals surface area (Å²) in [6.45, 7) is 6.35. The number of nitrogens with zero attached hydrogens (tertiary/aromatic N) is 1. The van der Waals surface area contributed by atoms with E-state index in [9.17, 15) is 9.59 Å². The van der Waals surface area contributed by atoms with Crippen molar-refractivity contribution in [3.05, 3.63) is 39.3 Å². The zero-order valence-corrected chi connectivity index (χ0v) is 10.4. The van der Waals surface area contributed by atoms with Crippen molar-refractivity contribution in [2.24, 2.45) is 0 Å². The average Bonchev–Trinajstić information content (AvgIpc) is 2.23. The Kier molecular flexibility index (Phi) is 4.26. The maximum Gasteiger partial charge on any atom is 0.328 e. The van der Waals surface area contributed by atoms with Crippen molar-refractivity contribution >= 4 is 12.0 Å². The maximum atomic E-state index is 12.1. The van der Waals surface area contributed by atoms with Crippen LogP contribution in [0.15, 0.2) is 16.9 Å². The van der Waals surface area contributed by atoms with Crippen LogP contribution in [0.1, 0.15) is 30.2 Å². The van der Waals surface area contributed by atoms with E-state index in [0.717, 1.165) is 23.8 Å². The Labute approximate surface area is 100 Å². The van der Waals surface area contributed by atoms with Gasteiger partial charge in [0.15, 0.2) is 0 Å². The first-order valence-corrected chi connectivity index (χ1v) is 5.59. The summed E-state index contributed by atoms with van der Waals surface area (Å²) in [6.07, 6.45) is 3.23. The Morgan fingerprint density at radius 1 is 1.47 bits per heavy atom. The molecule has 0 bridgehead atoms. The fraction of sp³-hybridized carbons (Fsp3) is 0.385. The fourth-order valence-electron chi connectivity index (χ4n) is 1.80. The van der Waals surface area contributed by atoms with Crippen molar-refractivity contribution in [3.8, 4) is 0 Å². The van der Waals surface area contributed by atoms with Gasteiger partial charge in [0.2, 0.25) is 0 Å². The molecule has 0 spiro atoms. The smallest absolute Gasteiger partial charge is 0.328 e. The summed E-state index contributed by atoms with van der Waals surface area (Å²) < 4.78 is 1.68. The number of aliphatic carboxylic acids is 1. The first-order chi connectivity index (χ1) is 7.97. The molecule has 4 heteroatoms. The summed E-state index contributed by atoms with van der Waals surface area (Å²) in [5, 5.41) is 8.59. The van der Waals surface area contributed by atoms with Crippen LogP contribution in [0.5, 0.6) is 0 Å². The molecule has 0 aromatic carbocycles. The Morgan fingerprint density at radius 2 is 2.12 bits per heavy atom. The van der Waals surface area contributed by atoms with E-state index >= 15 is 0 Å². The van der Waals surface area contributed by atoms with Gasteiger partial charge in [0.1, 0.15) is 0 Å². The molecule has 4 nitrogen and oxygen atoms in total. The van der Waals surface area contributed by atoms with Gasteiger partial charge in [0.25, 0.3) is 5.56 Å². The van der Waals surface area contributed by atoms with Crippen LogP contribution in [0, 0.1) is 13.8 Å². The van der Waals surface area contributed by atoms with Crippen molar-refractivity contribution < 1.29 is 9.90 Å². The predicted octanol–water partition coefficient (Wildman–Crippen LogP) is 1.97. The number of rotatable bonds is 4. The third-order valence-electron chi connectivity index (χ3n) is 2.59. The van der Waals surface area contributed by atoms with Crippen LogP contribution in [0.25, 0.3) is 6.08 Å². The summed E-state index contributed by atoms with van der Waals surface area (Å²) in [5.74, 6) is -1.05. The van der Waals surface area contributed by atoms with Crippen LogP contribution in [0.4, 0.5) is 0 Å². The Bertz CT molecular complexity index is 512. The molecule has 92 valence electrons. The number of aryl methyl sites for hydroxylation is 2. The Balaban J connectivity index is 3.35. The number of carbonyl (C=O) groups is 1. The van der Waals surface area contributed by atoms with Crippen molar-refractivity contribution in [1.29, 1.82) is 0 Å². The van der Waals surface area contributed by atoms with E-state index < -0.39 is 5.97 Å². The second kappa shape index (κ2) is 5.48. The molecule has 0 aliphatic heterocycles. The summed E-state index contributed by atoms with van der Waals surface area (Å²) in [6, 6.07) is 1.90. The van der Waals surface area contributed by atoms with E-state index in [2.05, 4.69) is 0 Å². The monoisotopic (exact) mass is 235 g/mol. The molecule has 0 atom stereocenters. The molecule has 1 aromatic rings. The normalized spacial score (nSPS) is 11.0. The standard InChI is InChI=1S/C13H17NO3/c1-4-7-14-10(3)8-9(2)11(13(14)17)5-6-12(15)16/h5-6,8H,4,7H2,1-3H3,(H,15,16)/b6-5+. The highest BCUT2D eigenvalue weighted by molar-refractivity contribution is 5.85. The van der Waals surface area contributed by atoms with Crippen LogP contribution in [-0.2, 0) is 11.3 Å². The van der Waals surface area contributed by atoms with E-state index in [1.54, 1.807) is 4.57 Å². The molecule has 0 unspecified atom stereocenters. The van der Waals surface area contributed by atoms with E-state index in [0.29, 0.717) is 12.1 Å². The van der Waals surface area contributed by atoms with Crippen LogP contribution >= 0.6 is 0 Å². The van der Waals surface area contributed by atoms with Crippen molar-refractivity contribution in [1.82, 2.24) is 4.57 Å². The van der Waals surface area contributed by atoms with E-state index in [1.807, 2.05) is 26.8 Å². The Morgan fingerprint density at radius 3 is 2.65 bits per heavy atom. The molecule has 1 N–H and O–H groups in total. The molecule has 0 aliphatic carbocycles. The zero-order valence-electron chi connectivity index (χ0n) is 10.4.